The zero-order valence-electron chi connectivity index (χ0n) is 16.5. The fraction of sp³-hybridized carbons (Fsp3) is 0.522. The smallest absolute Gasteiger partial charge is 0.335 e. The van der Waals surface area contributed by atoms with Crippen LogP contribution in [0.25, 0.3) is 5.69 Å². The highest BCUT2D eigenvalue weighted by Gasteiger charge is 2.39. The molecule has 2 aromatic rings. The number of carbonyl (C=O) groups excluding carboxylic acids is 1. The van der Waals surface area contributed by atoms with Crippen molar-refractivity contribution in [1.29, 1.82) is 0 Å². The van der Waals surface area contributed by atoms with Gasteiger partial charge in [-0.1, -0.05) is 12.8 Å². The summed E-state index contributed by atoms with van der Waals surface area (Å²) < 4.78 is 1.82. The highest BCUT2D eigenvalue weighted by atomic mass is 16.4. The summed E-state index contributed by atoms with van der Waals surface area (Å²) in [6.07, 6.45) is 11.3. The number of benzene rings is 1. The molecule has 152 valence electrons. The van der Waals surface area contributed by atoms with Gasteiger partial charge in [-0.15, -0.1) is 0 Å². The molecule has 3 aliphatic carbocycles. The molecule has 5 rings (SSSR count). The summed E-state index contributed by atoms with van der Waals surface area (Å²) in [6, 6.07) is 6.98. The minimum atomic E-state index is -0.947. The Morgan fingerprint density at radius 1 is 0.966 bits per heavy atom. The second kappa shape index (κ2) is 7.32. The summed E-state index contributed by atoms with van der Waals surface area (Å²) in [7, 11) is 0. The van der Waals surface area contributed by atoms with Gasteiger partial charge in [-0.05, 0) is 74.6 Å². The Balaban J connectivity index is 1.42. The van der Waals surface area contributed by atoms with E-state index in [1.54, 1.807) is 30.5 Å². The van der Waals surface area contributed by atoms with Gasteiger partial charge in [0.05, 0.1) is 28.7 Å². The first-order valence-electron chi connectivity index (χ1n) is 10.8. The van der Waals surface area contributed by atoms with Gasteiger partial charge in [0.2, 0.25) is 0 Å². The molecular weight excluding hydrogens is 366 g/mol. The molecule has 0 radical (unpaired) electrons. The van der Waals surface area contributed by atoms with Crippen molar-refractivity contribution in [3.8, 4) is 5.69 Å². The number of fused-ring (bicyclic) bond motifs is 2. The number of rotatable bonds is 5. The fourth-order valence-corrected chi connectivity index (χ4v) is 5.37. The molecule has 2 bridgehead atoms. The van der Waals surface area contributed by atoms with E-state index >= 15 is 0 Å². The molecule has 3 fully saturated rings. The van der Waals surface area contributed by atoms with Gasteiger partial charge in [0.1, 0.15) is 0 Å². The zero-order valence-corrected chi connectivity index (χ0v) is 16.5. The fourth-order valence-electron chi connectivity index (χ4n) is 5.37. The summed E-state index contributed by atoms with van der Waals surface area (Å²) in [5.41, 5.74) is 2.69. The molecule has 1 aromatic heterocycles. The Morgan fingerprint density at radius 3 is 2.14 bits per heavy atom. The number of carbonyl (C=O) groups is 2. The average Bonchev–Trinajstić information content (AvgIpc) is 3.45. The quantitative estimate of drug-likeness (QED) is 0.799. The lowest BCUT2D eigenvalue weighted by atomic mass is 9.68. The summed E-state index contributed by atoms with van der Waals surface area (Å²) >= 11 is 0. The van der Waals surface area contributed by atoms with E-state index in [0.29, 0.717) is 29.4 Å². The van der Waals surface area contributed by atoms with Gasteiger partial charge in [0, 0.05) is 12.0 Å². The van der Waals surface area contributed by atoms with Crippen LogP contribution in [-0.4, -0.2) is 32.8 Å². The minimum absolute atomic E-state index is 0.00380. The van der Waals surface area contributed by atoms with E-state index in [1.807, 2.05) is 4.68 Å². The Morgan fingerprint density at radius 2 is 1.59 bits per heavy atom. The van der Waals surface area contributed by atoms with Crippen LogP contribution in [-0.2, 0) is 0 Å². The van der Waals surface area contributed by atoms with Crippen LogP contribution in [0.3, 0.4) is 0 Å². The van der Waals surface area contributed by atoms with Crippen LogP contribution in [0.4, 0.5) is 0 Å². The van der Waals surface area contributed by atoms with Crippen molar-refractivity contribution in [1.82, 2.24) is 15.1 Å². The number of aromatic nitrogens is 2. The lowest BCUT2D eigenvalue weighted by molar-refractivity contribution is 0.0696. The summed E-state index contributed by atoms with van der Waals surface area (Å²) in [5, 5.41) is 17.0. The van der Waals surface area contributed by atoms with Gasteiger partial charge in [-0.3, -0.25) is 4.79 Å². The third-order valence-corrected chi connectivity index (χ3v) is 6.99. The Hall–Kier alpha value is -2.63. The molecular formula is C23H27N3O3. The van der Waals surface area contributed by atoms with Gasteiger partial charge in [0.15, 0.2) is 0 Å². The van der Waals surface area contributed by atoms with Crippen molar-refractivity contribution in [2.75, 3.05) is 0 Å². The van der Waals surface area contributed by atoms with Crippen molar-refractivity contribution < 1.29 is 14.7 Å². The van der Waals surface area contributed by atoms with E-state index in [0.717, 1.165) is 24.2 Å². The molecule has 3 saturated carbocycles. The molecule has 0 saturated heterocycles. The topological polar surface area (TPSA) is 84.2 Å². The van der Waals surface area contributed by atoms with Crippen molar-refractivity contribution in [2.24, 2.45) is 11.8 Å². The Bertz CT molecular complexity index is 907. The van der Waals surface area contributed by atoms with E-state index in [1.165, 1.54) is 38.5 Å². The standard InChI is InChI=1S/C23H27N3O3/c27-22(25-20-14-3-1-4-15(20)6-2-5-14)19-13-24-26(21(19)16-7-8-16)18-11-9-17(10-12-18)23(28)29/h9-16,20H,1-8H2,(H,25,27)(H,28,29). The molecule has 0 unspecified atom stereocenters. The van der Waals surface area contributed by atoms with Crippen molar-refractivity contribution >= 4 is 11.9 Å². The van der Waals surface area contributed by atoms with Gasteiger partial charge in [-0.25, -0.2) is 9.48 Å². The molecule has 1 heterocycles. The van der Waals surface area contributed by atoms with Crippen LogP contribution < -0.4 is 5.32 Å². The largest absolute Gasteiger partial charge is 0.478 e. The molecule has 3 aliphatic rings. The number of hydrogen-bond acceptors (Lipinski definition) is 3. The third-order valence-electron chi connectivity index (χ3n) is 6.99. The molecule has 0 spiro atoms. The normalized spacial score (nSPS) is 26.1. The summed E-state index contributed by atoms with van der Waals surface area (Å²) in [5.74, 6) is 0.647. The predicted octanol–water partition coefficient (Wildman–Crippen LogP) is 4.15. The minimum Gasteiger partial charge on any atom is -0.478 e. The van der Waals surface area contributed by atoms with Gasteiger partial charge in [0.25, 0.3) is 5.91 Å². The molecule has 1 aromatic carbocycles. The molecule has 6 nitrogen and oxygen atoms in total. The second-order valence-corrected chi connectivity index (χ2v) is 8.86. The van der Waals surface area contributed by atoms with E-state index in [4.69, 9.17) is 5.11 Å². The maximum Gasteiger partial charge on any atom is 0.335 e. The van der Waals surface area contributed by atoms with Crippen LogP contribution >= 0.6 is 0 Å². The SMILES string of the molecule is O=C(O)c1ccc(-n2ncc(C(=O)NC3C4CCCC3CCC4)c2C2CC2)cc1. The van der Waals surface area contributed by atoms with Gasteiger partial charge >= 0.3 is 5.97 Å². The van der Waals surface area contributed by atoms with Crippen molar-refractivity contribution in [2.45, 2.75) is 63.3 Å². The van der Waals surface area contributed by atoms with Gasteiger partial charge < -0.3 is 10.4 Å². The van der Waals surface area contributed by atoms with Crippen LogP contribution in [0.15, 0.2) is 30.5 Å². The number of nitrogens with zero attached hydrogens (tertiary/aromatic N) is 2. The maximum absolute atomic E-state index is 13.2. The number of amides is 1. The molecule has 1 amide bonds. The lowest BCUT2D eigenvalue weighted by Crippen LogP contribution is -2.49. The number of carboxylic acids is 1. The van der Waals surface area contributed by atoms with Crippen molar-refractivity contribution in [3.63, 3.8) is 0 Å². The van der Waals surface area contributed by atoms with Crippen molar-refractivity contribution in [3.05, 3.63) is 47.3 Å². The van der Waals surface area contributed by atoms with Crippen LogP contribution in [0.2, 0.25) is 0 Å². The van der Waals surface area contributed by atoms with E-state index in [-0.39, 0.29) is 11.5 Å². The first-order valence-corrected chi connectivity index (χ1v) is 10.8. The zero-order chi connectivity index (χ0) is 20.0. The highest BCUT2D eigenvalue weighted by Crippen LogP contribution is 2.43. The predicted molar refractivity (Wildman–Crippen MR) is 108 cm³/mol. The Labute approximate surface area is 170 Å². The highest BCUT2D eigenvalue weighted by molar-refractivity contribution is 5.96. The monoisotopic (exact) mass is 393 g/mol. The number of nitrogens with one attached hydrogen (secondary N) is 1. The molecule has 6 heteroatoms. The lowest BCUT2D eigenvalue weighted by Gasteiger charge is -2.42. The number of hydrogen-bond donors (Lipinski definition) is 2. The summed E-state index contributed by atoms with van der Waals surface area (Å²) in [4.78, 5) is 24.4. The van der Waals surface area contributed by atoms with Crippen LogP contribution in [0.5, 0.6) is 0 Å². The van der Waals surface area contributed by atoms with Gasteiger partial charge in [-0.2, -0.15) is 5.10 Å². The first-order chi connectivity index (χ1) is 14.1. The molecule has 0 atom stereocenters. The van der Waals surface area contributed by atoms with E-state index in [2.05, 4.69) is 10.4 Å². The molecule has 2 N–H and O–H groups in total. The molecule has 0 aliphatic heterocycles. The average molecular weight is 393 g/mol. The van der Waals surface area contributed by atoms with E-state index in [9.17, 15) is 9.59 Å². The number of carboxylic acid groups (broad SMARTS) is 1. The van der Waals surface area contributed by atoms with Crippen LogP contribution in [0, 0.1) is 11.8 Å². The maximum atomic E-state index is 13.2. The van der Waals surface area contributed by atoms with E-state index < -0.39 is 5.97 Å². The third kappa shape index (κ3) is 3.45. The Kier molecular flexibility index (Phi) is 4.64. The molecule has 29 heavy (non-hydrogen) atoms. The number of aromatic carboxylic acids is 1. The first kappa shape index (κ1) is 18.4. The summed E-state index contributed by atoms with van der Waals surface area (Å²) in [6.45, 7) is 0. The second-order valence-electron chi connectivity index (χ2n) is 8.86. The van der Waals surface area contributed by atoms with Crippen LogP contribution in [0.1, 0.15) is 83.7 Å².